The molecule has 18 heavy (non-hydrogen) atoms. The molecule has 3 N–H and O–H groups in total. The van der Waals surface area contributed by atoms with E-state index in [4.69, 9.17) is 0 Å². The third-order valence-electron chi connectivity index (χ3n) is 4.48. The van der Waals surface area contributed by atoms with Crippen LogP contribution in [0.1, 0.15) is 46.0 Å². The molecule has 1 saturated carbocycles. The molecular formula is C14H27N3O. The maximum Gasteiger partial charge on any atom is 0.315 e. The maximum absolute atomic E-state index is 11.9. The van der Waals surface area contributed by atoms with Crippen molar-refractivity contribution in [2.75, 3.05) is 19.6 Å². The minimum atomic E-state index is 0.0218. The van der Waals surface area contributed by atoms with Crippen LogP contribution in [0.3, 0.4) is 0 Å². The largest absolute Gasteiger partial charge is 0.338 e. The second-order valence-electron chi connectivity index (χ2n) is 6.31. The van der Waals surface area contributed by atoms with Crippen LogP contribution >= 0.6 is 0 Å². The highest BCUT2D eigenvalue weighted by molar-refractivity contribution is 5.74. The Hall–Kier alpha value is -0.770. The summed E-state index contributed by atoms with van der Waals surface area (Å²) in [6, 6.07) is 0.403. The van der Waals surface area contributed by atoms with E-state index in [1.165, 1.54) is 25.7 Å². The minimum Gasteiger partial charge on any atom is -0.338 e. The molecule has 2 rings (SSSR count). The summed E-state index contributed by atoms with van der Waals surface area (Å²) in [4.78, 5) is 11.9. The standard InChI is InChI=1S/C14H27N3O/c1-11(2)10-16-13(18)17-12-4-3-5-14(12)6-8-15-9-7-14/h11-12,15H,3-10H2,1-2H3,(H2,16,17,18). The van der Waals surface area contributed by atoms with Crippen molar-refractivity contribution in [3.63, 3.8) is 0 Å². The molecule has 2 aliphatic rings. The van der Waals surface area contributed by atoms with Gasteiger partial charge in [0, 0.05) is 12.6 Å². The first-order valence-corrected chi connectivity index (χ1v) is 7.37. The Morgan fingerprint density at radius 3 is 2.72 bits per heavy atom. The number of carbonyl (C=O) groups is 1. The van der Waals surface area contributed by atoms with Gasteiger partial charge in [-0.2, -0.15) is 0 Å². The highest BCUT2D eigenvalue weighted by Crippen LogP contribution is 2.45. The number of urea groups is 1. The molecule has 4 heteroatoms. The van der Waals surface area contributed by atoms with E-state index in [1.54, 1.807) is 0 Å². The molecule has 1 unspecified atom stereocenters. The molecule has 0 radical (unpaired) electrons. The van der Waals surface area contributed by atoms with Crippen LogP contribution in [0.2, 0.25) is 0 Å². The first-order valence-electron chi connectivity index (χ1n) is 7.37. The van der Waals surface area contributed by atoms with Crippen molar-refractivity contribution in [3.05, 3.63) is 0 Å². The highest BCUT2D eigenvalue weighted by atomic mass is 16.2. The van der Waals surface area contributed by atoms with Gasteiger partial charge in [-0.3, -0.25) is 0 Å². The van der Waals surface area contributed by atoms with Crippen LogP contribution in [0.15, 0.2) is 0 Å². The van der Waals surface area contributed by atoms with Crippen LogP contribution in [0.25, 0.3) is 0 Å². The van der Waals surface area contributed by atoms with Gasteiger partial charge < -0.3 is 16.0 Å². The summed E-state index contributed by atoms with van der Waals surface area (Å²) in [7, 11) is 0. The Morgan fingerprint density at radius 2 is 2.06 bits per heavy atom. The van der Waals surface area contributed by atoms with Gasteiger partial charge >= 0.3 is 6.03 Å². The van der Waals surface area contributed by atoms with Gasteiger partial charge in [-0.15, -0.1) is 0 Å². The van der Waals surface area contributed by atoms with Crippen molar-refractivity contribution in [1.29, 1.82) is 0 Å². The smallest absolute Gasteiger partial charge is 0.315 e. The van der Waals surface area contributed by atoms with Crippen molar-refractivity contribution in [2.24, 2.45) is 11.3 Å². The van der Waals surface area contributed by atoms with Gasteiger partial charge in [-0.25, -0.2) is 4.79 Å². The van der Waals surface area contributed by atoms with E-state index in [0.717, 1.165) is 26.1 Å². The molecule has 0 bridgehead atoms. The van der Waals surface area contributed by atoms with Crippen LogP contribution in [0, 0.1) is 11.3 Å². The SMILES string of the molecule is CC(C)CNC(=O)NC1CCCC12CCNCC2. The quantitative estimate of drug-likeness (QED) is 0.719. The lowest BCUT2D eigenvalue weighted by atomic mass is 9.74. The zero-order valence-electron chi connectivity index (χ0n) is 11.7. The predicted octanol–water partition coefficient (Wildman–Crippen LogP) is 1.86. The number of rotatable bonds is 3. The maximum atomic E-state index is 11.9. The predicted molar refractivity (Wildman–Crippen MR) is 73.5 cm³/mol. The molecule has 1 aliphatic carbocycles. The van der Waals surface area contributed by atoms with Gasteiger partial charge in [0.15, 0.2) is 0 Å². The van der Waals surface area contributed by atoms with E-state index in [0.29, 0.717) is 17.4 Å². The summed E-state index contributed by atoms with van der Waals surface area (Å²) in [5, 5.41) is 9.60. The number of hydrogen-bond donors (Lipinski definition) is 3. The van der Waals surface area contributed by atoms with E-state index in [-0.39, 0.29) is 6.03 Å². The first-order chi connectivity index (χ1) is 8.62. The third-order valence-corrected chi connectivity index (χ3v) is 4.48. The lowest BCUT2D eigenvalue weighted by molar-refractivity contribution is 0.159. The van der Waals surface area contributed by atoms with Crippen LogP contribution in [0.5, 0.6) is 0 Å². The van der Waals surface area contributed by atoms with Crippen LogP contribution in [-0.4, -0.2) is 31.7 Å². The average molecular weight is 253 g/mol. The molecule has 1 aliphatic heterocycles. The fourth-order valence-electron chi connectivity index (χ4n) is 3.39. The lowest BCUT2D eigenvalue weighted by Gasteiger charge is -2.39. The average Bonchev–Trinajstić information content (AvgIpc) is 2.71. The van der Waals surface area contributed by atoms with Crippen molar-refractivity contribution in [1.82, 2.24) is 16.0 Å². The summed E-state index contributed by atoms with van der Waals surface area (Å²) in [6.07, 6.45) is 6.11. The van der Waals surface area contributed by atoms with Crippen LogP contribution in [0.4, 0.5) is 4.79 Å². The minimum absolute atomic E-state index is 0.0218. The van der Waals surface area contributed by atoms with Crippen molar-refractivity contribution in [3.8, 4) is 0 Å². The molecule has 1 spiro atoms. The number of nitrogens with one attached hydrogen (secondary N) is 3. The van der Waals surface area contributed by atoms with Gasteiger partial charge in [-0.1, -0.05) is 20.3 Å². The summed E-state index contributed by atoms with van der Waals surface area (Å²) in [5.74, 6) is 0.507. The van der Waals surface area contributed by atoms with Crippen molar-refractivity contribution < 1.29 is 4.79 Å². The van der Waals surface area contributed by atoms with E-state index in [9.17, 15) is 4.79 Å². The summed E-state index contributed by atoms with van der Waals surface area (Å²) in [5.41, 5.74) is 0.375. The lowest BCUT2D eigenvalue weighted by Crippen LogP contribution is -2.52. The van der Waals surface area contributed by atoms with E-state index in [1.807, 2.05) is 0 Å². The van der Waals surface area contributed by atoms with E-state index in [2.05, 4.69) is 29.8 Å². The highest BCUT2D eigenvalue weighted by Gasteiger charge is 2.43. The fraction of sp³-hybridized carbons (Fsp3) is 0.929. The van der Waals surface area contributed by atoms with Crippen molar-refractivity contribution in [2.45, 2.75) is 52.0 Å². The topological polar surface area (TPSA) is 53.2 Å². The molecule has 1 saturated heterocycles. The summed E-state index contributed by atoms with van der Waals surface area (Å²) in [6.45, 7) is 7.19. The van der Waals surface area contributed by atoms with Gasteiger partial charge in [0.1, 0.15) is 0 Å². The normalized spacial score (nSPS) is 26.5. The Bertz CT molecular complexity index is 285. The van der Waals surface area contributed by atoms with Gasteiger partial charge in [0.25, 0.3) is 0 Å². The summed E-state index contributed by atoms with van der Waals surface area (Å²) < 4.78 is 0. The van der Waals surface area contributed by atoms with Gasteiger partial charge in [-0.05, 0) is 50.1 Å². The van der Waals surface area contributed by atoms with Crippen molar-refractivity contribution >= 4 is 6.03 Å². The molecule has 0 aromatic rings. The van der Waals surface area contributed by atoms with Crippen LogP contribution < -0.4 is 16.0 Å². The first kappa shape index (κ1) is 13.7. The monoisotopic (exact) mass is 253 g/mol. The molecule has 104 valence electrons. The number of amides is 2. The Morgan fingerprint density at radius 1 is 1.33 bits per heavy atom. The Balaban J connectivity index is 1.85. The zero-order valence-corrected chi connectivity index (χ0v) is 11.7. The second-order valence-corrected chi connectivity index (χ2v) is 6.31. The Kier molecular flexibility index (Phi) is 4.49. The van der Waals surface area contributed by atoms with E-state index >= 15 is 0 Å². The van der Waals surface area contributed by atoms with Gasteiger partial charge in [0.2, 0.25) is 0 Å². The number of carbonyl (C=O) groups excluding carboxylic acids is 1. The molecule has 1 atom stereocenters. The van der Waals surface area contributed by atoms with E-state index < -0.39 is 0 Å². The second kappa shape index (κ2) is 5.91. The number of hydrogen-bond acceptors (Lipinski definition) is 2. The molecule has 4 nitrogen and oxygen atoms in total. The molecule has 1 heterocycles. The molecule has 2 amide bonds. The molecule has 0 aromatic heterocycles. The molecule has 2 fully saturated rings. The summed E-state index contributed by atoms with van der Waals surface area (Å²) >= 11 is 0. The number of piperidine rings is 1. The van der Waals surface area contributed by atoms with Gasteiger partial charge in [0.05, 0.1) is 0 Å². The van der Waals surface area contributed by atoms with Crippen LogP contribution in [-0.2, 0) is 0 Å². The molecule has 0 aromatic carbocycles. The third kappa shape index (κ3) is 3.16. The fourth-order valence-corrected chi connectivity index (χ4v) is 3.39. The Labute approximate surface area is 110 Å². The molecular weight excluding hydrogens is 226 g/mol. The zero-order chi connectivity index (χ0) is 13.0.